The number of rotatable bonds is 3. The van der Waals surface area contributed by atoms with Gasteiger partial charge in [-0.1, -0.05) is 18.2 Å². The lowest BCUT2D eigenvalue weighted by Gasteiger charge is -2.03. The monoisotopic (exact) mass is 254 g/mol. The number of fused-ring (bicyclic) bond motifs is 1. The Kier molecular flexibility index (Phi) is 2.86. The summed E-state index contributed by atoms with van der Waals surface area (Å²) in [4.78, 5) is 13.6. The van der Waals surface area contributed by atoms with E-state index in [1.165, 1.54) is 6.26 Å². The van der Waals surface area contributed by atoms with Gasteiger partial charge in [0.15, 0.2) is 0 Å². The predicted octanol–water partition coefficient (Wildman–Crippen LogP) is 0.627. The van der Waals surface area contributed by atoms with Crippen LogP contribution in [0.5, 0.6) is 0 Å². The van der Waals surface area contributed by atoms with Crippen LogP contribution in [-0.2, 0) is 10.0 Å². The normalized spacial score (nSPS) is 11.6. The zero-order chi connectivity index (χ0) is 12.5. The summed E-state index contributed by atoms with van der Waals surface area (Å²) >= 11 is 0. The van der Waals surface area contributed by atoms with E-state index in [2.05, 4.69) is 5.43 Å². The average Bonchev–Trinajstić information content (AvgIpc) is 2.68. The molecule has 0 bridgehead atoms. The summed E-state index contributed by atoms with van der Waals surface area (Å²) < 4.78 is 26.8. The van der Waals surface area contributed by atoms with Gasteiger partial charge in [0.2, 0.25) is 10.0 Å². The molecule has 7 heteroatoms. The first-order valence-corrected chi connectivity index (χ1v) is 6.60. The molecule has 2 rings (SSSR count). The van der Waals surface area contributed by atoms with E-state index < -0.39 is 15.9 Å². The Hall–Kier alpha value is -1.86. The first kappa shape index (κ1) is 11.6. The number of para-hydroxylation sites is 1. The highest BCUT2D eigenvalue weighted by Crippen LogP contribution is 2.20. The number of hydrogen-bond acceptors (Lipinski definition) is 4. The van der Waals surface area contributed by atoms with Gasteiger partial charge in [-0.25, -0.2) is 8.42 Å². The van der Waals surface area contributed by atoms with E-state index in [9.17, 15) is 13.2 Å². The molecule has 1 aromatic carbocycles. The molecule has 17 heavy (non-hydrogen) atoms. The summed E-state index contributed by atoms with van der Waals surface area (Å²) in [6.07, 6.45) is 2.23. The molecule has 0 aliphatic heterocycles. The van der Waals surface area contributed by atoms with Gasteiger partial charge in [0.25, 0.3) is 5.91 Å². The molecule has 6 nitrogen and oxygen atoms in total. The molecule has 1 aromatic heterocycles. The third kappa shape index (κ3) is 2.63. The van der Waals surface area contributed by atoms with Gasteiger partial charge in [-0.05, 0) is 6.07 Å². The number of nitrogens with one attached hydrogen (secondary N) is 2. The van der Waals surface area contributed by atoms with Crippen molar-refractivity contribution in [3.05, 3.63) is 36.1 Å². The fourth-order valence-corrected chi connectivity index (χ4v) is 1.64. The Balaban J connectivity index is 2.25. The van der Waals surface area contributed by atoms with Crippen molar-refractivity contribution in [2.24, 2.45) is 0 Å². The van der Waals surface area contributed by atoms with Crippen LogP contribution < -0.4 is 10.3 Å². The maximum Gasteiger partial charge on any atom is 0.270 e. The first-order valence-electron chi connectivity index (χ1n) is 4.71. The number of benzene rings is 1. The molecular weight excluding hydrogens is 244 g/mol. The Labute approximate surface area is 97.6 Å². The summed E-state index contributed by atoms with van der Waals surface area (Å²) in [7, 11) is -3.48. The molecule has 0 aliphatic rings. The fourth-order valence-electron chi connectivity index (χ4n) is 1.36. The molecule has 0 aliphatic carbocycles. The molecule has 0 atom stereocenters. The third-order valence-corrected chi connectivity index (χ3v) is 2.55. The first-order chi connectivity index (χ1) is 7.97. The van der Waals surface area contributed by atoms with E-state index in [0.717, 1.165) is 6.26 Å². The van der Waals surface area contributed by atoms with E-state index in [0.29, 0.717) is 11.0 Å². The molecule has 2 N–H and O–H groups in total. The van der Waals surface area contributed by atoms with Crippen LogP contribution in [0.4, 0.5) is 0 Å². The highest BCUT2D eigenvalue weighted by Gasteiger charge is 2.14. The van der Waals surface area contributed by atoms with Crippen molar-refractivity contribution < 1.29 is 17.6 Å². The van der Waals surface area contributed by atoms with Crippen LogP contribution in [0, 0.1) is 0 Å². The maximum atomic E-state index is 11.7. The van der Waals surface area contributed by atoms with E-state index in [-0.39, 0.29) is 5.56 Å². The smallest absolute Gasteiger partial charge is 0.270 e. The van der Waals surface area contributed by atoms with Crippen LogP contribution >= 0.6 is 0 Å². The Bertz CT molecular complexity index is 660. The van der Waals surface area contributed by atoms with Crippen molar-refractivity contribution in [1.82, 2.24) is 10.3 Å². The van der Waals surface area contributed by atoms with Gasteiger partial charge in [0, 0.05) is 5.39 Å². The molecule has 90 valence electrons. The van der Waals surface area contributed by atoms with Crippen LogP contribution in [0.3, 0.4) is 0 Å². The fraction of sp³-hybridized carbons (Fsp3) is 0.100. The van der Waals surface area contributed by atoms with Crippen molar-refractivity contribution >= 4 is 26.9 Å². The predicted molar refractivity (Wildman–Crippen MR) is 61.7 cm³/mol. The number of hydrazine groups is 1. The summed E-state index contributed by atoms with van der Waals surface area (Å²) in [5, 5.41) is 0.625. The van der Waals surface area contributed by atoms with E-state index in [1.807, 2.05) is 4.83 Å². The van der Waals surface area contributed by atoms with Gasteiger partial charge in [-0.3, -0.25) is 10.2 Å². The van der Waals surface area contributed by atoms with Crippen molar-refractivity contribution in [2.45, 2.75) is 0 Å². The topological polar surface area (TPSA) is 88.4 Å². The molecule has 2 aromatic rings. The quantitative estimate of drug-likeness (QED) is 0.786. The van der Waals surface area contributed by atoms with Gasteiger partial charge < -0.3 is 4.42 Å². The lowest BCUT2D eigenvalue weighted by molar-refractivity contribution is 0.0946. The third-order valence-electron chi connectivity index (χ3n) is 2.08. The number of carbonyl (C=O) groups is 1. The maximum absolute atomic E-state index is 11.7. The molecule has 0 spiro atoms. The summed E-state index contributed by atoms with van der Waals surface area (Å²) in [6.45, 7) is 0. The van der Waals surface area contributed by atoms with Crippen LogP contribution in [-0.4, -0.2) is 20.6 Å². The zero-order valence-corrected chi connectivity index (χ0v) is 9.74. The summed E-state index contributed by atoms with van der Waals surface area (Å²) in [5.74, 6) is -0.569. The number of sulfonamides is 1. The minimum atomic E-state index is -3.48. The van der Waals surface area contributed by atoms with E-state index in [4.69, 9.17) is 4.42 Å². The number of amides is 1. The van der Waals surface area contributed by atoms with Crippen LogP contribution in [0.2, 0.25) is 0 Å². The second-order valence-corrected chi connectivity index (χ2v) is 5.22. The minimum absolute atomic E-state index is 0.275. The minimum Gasteiger partial charge on any atom is -0.463 e. The second kappa shape index (κ2) is 4.19. The highest BCUT2D eigenvalue weighted by atomic mass is 32.2. The number of carbonyl (C=O) groups excluding carboxylic acids is 1. The molecule has 1 amide bonds. The Morgan fingerprint density at radius 3 is 2.71 bits per heavy atom. The van der Waals surface area contributed by atoms with Crippen molar-refractivity contribution in [3.63, 3.8) is 0 Å². The molecule has 0 fully saturated rings. The zero-order valence-electron chi connectivity index (χ0n) is 8.93. The van der Waals surface area contributed by atoms with Gasteiger partial charge in [0.05, 0.1) is 11.8 Å². The SMILES string of the molecule is CS(=O)(=O)NNC(=O)c1coc2ccccc12. The Morgan fingerprint density at radius 1 is 1.29 bits per heavy atom. The van der Waals surface area contributed by atoms with Gasteiger partial charge in [0.1, 0.15) is 11.8 Å². The molecule has 0 saturated heterocycles. The van der Waals surface area contributed by atoms with Crippen LogP contribution in [0.1, 0.15) is 10.4 Å². The van der Waals surface area contributed by atoms with E-state index >= 15 is 0 Å². The van der Waals surface area contributed by atoms with E-state index in [1.54, 1.807) is 24.3 Å². The number of hydrogen-bond donors (Lipinski definition) is 2. The molecule has 0 radical (unpaired) electrons. The average molecular weight is 254 g/mol. The Morgan fingerprint density at radius 2 is 2.00 bits per heavy atom. The highest BCUT2D eigenvalue weighted by molar-refractivity contribution is 7.88. The standard InChI is InChI=1S/C10H10N2O4S/c1-17(14,15)12-11-10(13)8-6-16-9-5-3-2-4-7(8)9/h2-6,12H,1H3,(H,11,13). The number of furan rings is 1. The van der Waals surface area contributed by atoms with Crippen molar-refractivity contribution in [1.29, 1.82) is 0 Å². The van der Waals surface area contributed by atoms with Gasteiger partial charge >= 0.3 is 0 Å². The second-order valence-electron chi connectivity index (χ2n) is 3.47. The molecule has 0 unspecified atom stereocenters. The summed E-state index contributed by atoms with van der Waals surface area (Å²) in [6, 6.07) is 6.98. The van der Waals surface area contributed by atoms with Crippen molar-refractivity contribution in [3.8, 4) is 0 Å². The molecule has 0 saturated carbocycles. The summed E-state index contributed by atoms with van der Waals surface area (Å²) in [5.41, 5.74) is 2.92. The lowest BCUT2D eigenvalue weighted by Crippen LogP contribution is -2.40. The van der Waals surface area contributed by atoms with Crippen LogP contribution in [0.15, 0.2) is 34.9 Å². The molecular formula is C10H10N2O4S. The molecule has 1 heterocycles. The van der Waals surface area contributed by atoms with Crippen LogP contribution in [0.25, 0.3) is 11.0 Å². The van der Waals surface area contributed by atoms with Crippen molar-refractivity contribution in [2.75, 3.05) is 6.26 Å². The lowest BCUT2D eigenvalue weighted by atomic mass is 10.2. The van der Waals surface area contributed by atoms with Gasteiger partial charge in [-0.2, -0.15) is 0 Å². The largest absolute Gasteiger partial charge is 0.463 e. The van der Waals surface area contributed by atoms with Gasteiger partial charge in [-0.15, -0.1) is 4.83 Å².